The van der Waals surface area contributed by atoms with Crippen molar-refractivity contribution in [2.75, 3.05) is 37.4 Å². The van der Waals surface area contributed by atoms with Gasteiger partial charge in [0.05, 0.1) is 25.6 Å². The van der Waals surface area contributed by atoms with Gasteiger partial charge in [0.2, 0.25) is 15.9 Å². The molecule has 0 aromatic heterocycles. The lowest BCUT2D eigenvalue weighted by atomic mass is 10.1. The average molecular weight is 407 g/mol. The summed E-state index contributed by atoms with van der Waals surface area (Å²) in [5.74, 6) is 0.774. The van der Waals surface area contributed by atoms with Crippen LogP contribution in [0, 0.1) is 13.8 Å². The molecule has 0 aliphatic carbocycles. The summed E-state index contributed by atoms with van der Waals surface area (Å²) in [7, 11) is -2.06. The van der Waals surface area contributed by atoms with E-state index < -0.39 is 15.9 Å². The monoisotopic (exact) mass is 406 g/mol. The van der Waals surface area contributed by atoms with E-state index in [4.69, 9.17) is 9.47 Å². The van der Waals surface area contributed by atoms with Gasteiger partial charge in [-0.05, 0) is 37.1 Å². The van der Waals surface area contributed by atoms with Crippen LogP contribution in [0.25, 0.3) is 0 Å². The number of ether oxygens (including phenoxy) is 2. The summed E-state index contributed by atoms with van der Waals surface area (Å²) in [5.41, 5.74) is 2.11. The highest BCUT2D eigenvalue weighted by Crippen LogP contribution is 2.27. The lowest BCUT2D eigenvalue weighted by molar-refractivity contribution is -0.119. The third-order valence-electron chi connectivity index (χ3n) is 4.13. The Balaban J connectivity index is 1.98. The maximum Gasteiger partial charge on any atom is 0.240 e. The molecule has 1 N–H and O–H groups in total. The molecule has 0 radical (unpaired) electrons. The van der Waals surface area contributed by atoms with Gasteiger partial charge in [-0.25, -0.2) is 8.42 Å². The first-order chi connectivity index (χ1) is 13.2. The first kappa shape index (κ1) is 21.6. The zero-order valence-electron chi connectivity index (χ0n) is 16.6. The van der Waals surface area contributed by atoms with Crippen molar-refractivity contribution in [3.8, 4) is 11.5 Å². The minimum absolute atomic E-state index is 0.231. The van der Waals surface area contributed by atoms with E-state index in [0.717, 1.165) is 21.7 Å². The molecule has 2 aromatic carbocycles. The highest BCUT2D eigenvalue weighted by atomic mass is 32.2. The Morgan fingerprint density at radius 3 is 2.21 bits per heavy atom. The van der Waals surface area contributed by atoms with Crippen LogP contribution in [-0.4, -0.2) is 47.4 Å². The number of benzene rings is 2. The van der Waals surface area contributed by atoms with Crippen LogP contribution in [0.3, 0.4) is 0 Å². The smallest absolute Gasteiger partial charge is 0.240 e. The second kappa shape index (κ2) is 9.45. The van der Waals surface area contributed by atoms with Gasteiger partial charge in [-0.15, -0.1) is 0 Å². The molecule has 0 aliphatic rings. The van der Waals surface area contributed by atoms with E-state index in [1.165, 1.54) is 0 Å². The van der Waals surface area contributed by atoms with Crippen LogP contribution >= 0.6 is 0 Å². The maximum atomic E-state index is 12.3. The summed E-state index contributed by atoms with van der Waals surface area (Å²) in [6.45, 7) is 3.81. The molecule has 0 saturated heterocycles. The molecule has 8 heteroatoms. The quantitative estimate of drug-likeness (QED) is 0.646. The lowest BCUT2D eigenvalue weighted by Gasteiger charge is -2.25. The van der Waals surface area contributed by atoms with Crippen molar-refractivity contribution in [2.45, 2.75) is 13.8 Å². The van der Waals surface area contributed by atoms with Gasteiger partial charge in [0.15, 0.2) is 11.5 Å². The largest absolute Gasteiger partial charge is 0.493 e. The van der Waals surface area contributed by atoms with Crippen molar-refractivity contribution < 1.29 is 22.7 Å². The molecule has 1 amide bonds. The normalized spacial score (nSPS) is 11.0. The summed E-state index contributed by atoms with van der Waals surface area (Å²) in [4.78, 5) is 12.3. The van der Waals surface area contributed by atoms with Crippen LogP contribution in [0.5, 0.6) is 11.5 Å². The standard InChI is InChI=1S/C20H26N2O5S/c1-15-8-7-9-16(2)20(15)22(28(4,24)25)14-19(23)21-12-13-27-18-11-6-5-10-17(18)26-3/h5-11H,12-14H2,1-4H3,(H,21,23). The summed E-state index contributed by atoms with van der Waals surface area (Å²) in [6, 6.07) is 12.7. The van der Waals surface area contributed by atoms with Gasteiger partial charge in [0.25, 0.3) is 0 Å². The lowest BCUT2D eigenvalue weighted by Crippen LogP contribution is -2.42. The van der Waals surface area contributed by atoms with Crippen molar-refractivity contribution >= 4 is 21.6 Å². The van der Waals surface area contributed by atoms with Crippen LogP contribution in [0.15, 0.2) is 42.5 Å². The van der Waals surface area contributed by atoms with Crippen LogP contribution in [-0.2, 0) is 14.8 Å². The summed E-state index contributed by atoms with van der Waals surface area (Å²) in [5, 5.41) is 2.69. The number of aryl methyl sites for hydroxylation is 2. The zero-order chi connectivity index (χ0) is 20.7. The van der Waals surface area contributed by atoms with Gasteiger partial charge in [-0.1, -0.05) is 30.3 Å². The molecule has 0 aliphatic heterocycles. The third-order valence-corrected chi connectivity index (χ3v) is 5.24. The molecule has 0 spiro atoms. The molecule has 2 rings (SSSR count). The summed E-state index contributed by atoms with van der Waals surface area (Å²) >= 11 is 0. The molecule has 0 bridgehead atoms. The number of anilines is 1. The van der Waals surface area contributed by atoms with Crippen molar-refractivity contribution in [1.29, 1.82) is 0 Å². The Bertz CT molecular complexity index is 908. The molecular formula is C20H26N2O5S. The fraction of sp³-hybridized carbons (Fsp3) is 0.350. The zero-order valence-corrected chi connectivity index (χ0v) is 17.4. The number of hydrogen-bond acceptors (Lipinski definition) is 5. The highest BCUT2D eigenvalue weighted by molar-refractivity contribution is 7.92. The molecule has 0 saturated carbocycles. The first-order valence-electron chi connectivity index (χ1n) is 8.80. The van der Waals surface area contributed by atoms with Crippen molar-refractivity contribution in [3.63, 3.8) is 0 Å². The van der Waals surface area contributed by atoms with E-state index in [0.29, 0.717) is 17.2 Å². The molecule has 152 valence electrons. The van der Waals surface area contributed by atoms with E-state index in [2.05, 4.69) is 5.32 Å². The van der Waals surface area contributed by atoms with Crippen molar-refractivity contribution in [2.24, 2.45) is 0 Å². The van der Waals surface area contributed by atoms with E-state index >= 15 is 0 Å². The third kappa shape index (κ3) is 5.63. The van der Waals surface area contributed by atoms with E-state index in [1.807, 2.05) is 44.2 Å². The van der Waals surface area contributed by atoms with Gasteiger partial charge in [-0.3, -0.25) is 9.10 Å². The summed E-state index contributed by atoms with van der Waals surface area (Å²) in [6.07, 6.45) is 1.09. The SMILES string of the molecule is COc1ccccc1OCCNC(=O)CN(c1c(C)cccc1C)S(C)(=O)=O. The van der Waals surface area contributed by atoms with Crippen LogP contribution in [0.2, 0.25) is 0 Å². The van der Waals surface area contributed by atoms with Crippen LogP contribution in [0.4, 0.5) is 5.69 Å². The van der Waals surface area contributed by atoms with Gasteiger partial charge in [-0.2, -0.15) is 0 Å². The van der Waals surface area contributed by atoms with E-state index in [-0.39, 0.29) is 19.7 Å². The fourth-order valence-corrected chi connectivity index (χ4v) is 3.81. The second-order valence-corrected chi connectivity index (χ2v) is 8.27. The first-order valence-corrected chi connectivity index (χ1v) is 10.7. The molecule has 0 fully saturated rings. The second-order valence-electron chi connectivity index (χ2n) is 6.36. The number of methoxy groups -OCH3 is 1. The van der Waals surface area contributed by atoms with Crippen LogP contribution < -0.4 is 19.1 Å². The molecule has 0 unspecified atom stereocenters. The number of rotatable bonds is 9. The van der Waals surface area contributed by atoms with E-state index in [1.54, 1.807) is 19.2 Å². The Kier molecular flexibility index (Phi) is 7.28. The number of carbonyl (C=O) groups is 1. The van der Waals surface area contributed by atoms with Gasteiger partial charge >= 0.3 is 0 Å². The number of para-hydroxylation sites is 3. The Morgan fingerprint density at radius 2 is 1.64 bits per heavy atom. The predicted molar refractivity (Wildman–Crippen MR) is 110 cm³/mol. The minimum Gasteiger partial charge on any atom is -0.493 e. The molecular weight excluding hydrogens is 380 g/mol. The van der Waals surface area contributed by atoms with Crippen molar-refractivity contribution in [3.05, 3.63) is 53.6 Å². The van der Waals surface area contributed by atoms with Gasteiger partial charge in [0, 0.05) is 0 Å². The number of carbonyl (C=O) groups excluding carboxylic acids is 1. The average Bonchev–Trinajstić information content (AvgIpc) is 2.63. The van der Waals surface area contributed by atoms with Gasteiger partial charge in [0.1, 0.15) is 13.2 Å². The predicted octanol–water partition coefficient (Wildman–Crippen LogP) is 2.27. The fourth-order valence-electron chi connectivity index (χ4n) is 2.84. The summed E-state index contributed by atoms with van der Waals surface area (Å²) < 4.78 is 36.5. The Labute approximate surface area is 166 Å². The Hall–Kier alpha value is -2.74. The van der Waals surface area contributed by atoms with Crippen molar-refractivity contribution in [1.82, 2.24) is 5.32 Å². The van der Waals surface area contributed by atoms with Crippen LogP contribution in [0.1, 0.15) is 11.1 Å². The molecule has 2 aromatic rings. The molecule has 7 nitrogen and oxygen atoms in total. The topological polar surface area (TPSA) is 84.9 Å². The highest BCUT2D eigenvalue weighted by Gasteiger charge is 2.23. The molecule has 28 heavy (non-hydrogen) atoms. The molecule has 0 atom stereocenters. The number of hydrogen-bond donors (Lipinski definition) is 1. The number of sulfonamides is 1. The number of nitrogens with one attached hydrogen (secondary N) is 1. The minimum atomic E-state index is -3.62. The number of amides is 1. The van der Waals surface area contributed by atoms with Gasteiger partial charge < -0.3 is 14.8 Å². The van der Waals surface area contributed by atoms with E-state index in [9.17, 15) is 13.2 Å². The maximum absolute atomic E-state index is 12.3. The molecule has 0 heterocycles. The number of nitrogens with zero attached hydrogens (tertiary/aromatic N) is 1. The Morgan fingerprint density at radius 1 is 1.04 bits per heavy atom.